The Hall–Kier alpha value is -4.25. The summed E-state index contributed by atoms with van der Waals surface area (Å²) in [6.07, 6.45) is 1.65. The Kier molecular flexibility index (Phi) is 5.33. The maximum absolute atomic E-state index is 15.2. The van der Waals surface area contributed by atoms with Gasteiger partial charge in [0.2, 0.25) is 5.95 Å². The number of pyridine rings is 1. The summed E-state index contributed by atoms with van der Waals surface area (Å²) in [7, 11) is 0. The first-order valence-corrected chi connectivity index (χ1v) is 9.99. The number of aromatic nitrogens is 3. The maximum Gasteiger partial charge on any atom is 0.254 e. The molecule has 2 aromatic heterocycles. The molecule has 2 N–H and O–H groups in total. The molecule has 0 saturated heterocycles. The number of para-hydroxylation sites is 1. The standard InChI is InChI=1S/C24H21FN6O/c1-24(2,3)29-22(32)18-9-6-8-17(21(18)25)16-11-12-20-28-23(30-31(20)14-16)27-19-10-5-4-7-15(19)13-26/h4-12,14H,1-3H3,(H,27,30)(H,29,32). The number of hydrogen-bond donors (Lipinski definition) is 2. The van der Waals surface area contributed by atoms with Crippen LogP contribution >= 0.6 is 0 Å². The van der Waals surface area contributed by atoms with E-state index >= 15 is 4.39 Å². The van der Waals surface area contributed by atoms with Crippen LogP contribution in [0.25, 0.3) is 16.8 Å². The van der Waals surface area contributed by atoms with Crippen molar-refractivity contribution < 1.29 is 9.18 Å². The number of amides is 1. The van der Waals surface area contributed by atoms with E-state index in [1.807, 2.05) is 26.8 Å². The van der Waals surface area contributed by atoms with Crippen molar-refractivity contribution in [2.75, 3.05) is 5.32 Å². The highest BCUT2D eigenvalue weighted by Gasteiger charge is 2.20. The lowest BCUT2D eigenvalue weighted by Gasteiger charge is -2.21. The zero-order chi connectivity index (χ0) is 22.9. The quantitative estimate of drug-likeness (QED) is 0.492. The van der Waals surface area contributed by atoms with Crippen LogP contribution in [-0.2, 0) is 0 Å². The van der Waals surface area contributed by atoms with Crippen molar-refractivity contribution in [2.24, 2.45) is 0 Å². The first-order valence-electron chi connectivity index (χ1n) is 9.99. The van der Waals surface area contributed by atoms with E-state index in [0.717, 1.165) is 0 Å². The van der Waals surface area contributed by atoms with Gasteiger partial charge in [0.15, 0.2) is 5.65 Å². The van der Waals surface area contributed by atoms with Crippen molar-refractivity contribution in [1.29, 1.82) is 5.26 Å². The van der Waals surface area contributed by atoms with Crippen LogP contribution < -0.4 is 10.6 Å². The molecule has 4 aromatic rings. The SMILES string of the molecule is CC(C)(C)NC(=O)c1cccc(-c2ccc3nc(Nc4ccccc4C#N)nn3c2)c1F. The molecule has 0 fully saturated rings. The third-order valence-electron chi connectivity index (χ3n) is 4.67. The zero-order valence-electron chi connectivity index (χ0n) is 17.8. The minimum Gasteiger partial charge on any atom is -0.347 e. The summed E-state index contributed by atoms with van der Waals surface area (Å²) < 4.78 is 16.7. The number of hydrogen-bond acceptors (Lipinski definition) is 5. The van der Waals surface area contributed by atoms with E-state index in [1.165, 1.54) is 10.6 Å². The van der Waals surface area contributed by atoms with Crippen LogP contribution in [0.3, 0.4) is 0 Å². The highest BCUT2D eigenvalue weighted by atomic mass is 19.1. The Bertz CT molecular complexity index is 1360. The Balaban J connectivity index is 1.67. The van der Waals surface area contributed by atoms with E-state index in [-0.39, 0.29) is 11.1 Å². The van der Waals surface area contributed by atoms with Gasteiger partial charge in [-0.25, -0.2) is 8.91 Å². The molecule has 0 aliphatic heterocycles. The van der Waals surface area contributed by atoms with Gasteiger partial charge in [-0.2, -0.15) is 10.2 Å². The monoisotopic (exact) mass is 428 g/mol. The number of fused-ring (bicyclic) bond motifs is 1. The lowest BCUT2D eigenvalue weighted by atomic mass is 10.0. The number of nitriles is 1. The van der Waals surface area contributed by atoms with Crippen molar-refractivity contribution in [3.05, 3.63) is 77.7 Å². The molecule has 0 unspecified atom stereocenters. The summed E-state index contributed by atoms with van der Waals surface area (Å²) in [6, 6.07) is 17.3. The number of anilines is 2. The minimum atomic E-state index is -0.602. The highest BCUT2D eigenvalue weighted by Crippen LogP contribution is 2.26. The van der Waals surface area contributed by atoms with Gasteiger partial charge in [-0.15, -0.1) is 5.10 Å². The summed E-state index contributed by atoms with van der Waals surface area (Å²) in [5.74, 6) is -0.764. The molecular weight excluding hydrogens is 407 g/mol. The van der Waals surface area contributed by atoms with Crippen LogP contribution in [0.1, 0.15) is 36.7 Å². The highest BCUT2D eigenvalue weighted by molar-refractivity contribution is 5.96. The molecule has 0 aliphatic rings. The van der Waals surface area contributed by atoms with Gasteiger partial charge < -0.3 is 10.6 Å². The van der Waals surface area contributed by atoms with E-state index in [0.29, 0.717) is 28.4 Å². The van der Waals surface area contributed by atoms with Crippen molar-refractivity contribution in [2.45, 2.75) is 26.3 Å². The molecule has 0 aliphatic carbocycles. The second-order valence-electron chi connectivity index (χ2n) is 8.31. The van der Waals surface area contributed by atoms with Crippen LogP contribution in [0.15, 0.2) is 60.8 Å². The predicted octanol–water partition coefficient (Wildman–Crippen LogP) is 4.68. The summed E-state index contributed by atoms with van der Waals surface area (Å²) in [5, 5.41) is 19.5. The molecular formula is C24H21FN6O. The number of carbonyl (C=O) groups excluding carboxylic acids is 1. The van der Waals surface area contributed by atoms with Gasteiger partial charge >= 0.3 is 0 Å². The molecule has 1 amide bonds. The van der Waals surface area contributed by atoms with Crippen molar-refractivity contribution >= 4 is 23.2 Å². The number of carbonyl (C=O) groups is 1. The number of halogens is 1. The van der Waals surface area contributed by atoms with Gasteiger partial charge in [0.05, 0.1) is 16.8 Å². The normalized spacial score (nSPS) is 11.2. The molecule has 32 heavy (non-hydrogen) atoms. The molecule has 2 heterocycles. The summed E-state index contributed by atoms with van der Waals surface area (Å²) in [5.41, 5.74) is 1.95. The van der Waals surface area contributed by atoms with Crippen LogP contribution in [-0.4, -0.2) is 26.0 Å². The van der Waals surface area contributed by atoms with E-state index in [4.69, 9.17) is 0 Å². The summed E-state index contributed by atoms with van der Waals surface area (Å²) in [4.78, 5) is 16.9. The number of nitrogens with zero attached hydrogens (tertiary/aromatic N) is 4. The Morgan fingerprint density at radius 1 is 1.09 bits per heavy atom. The van der Waals surface area contributed by atoms with Crippen LogP contribution in [0, 0.1) is 17.1 Å². The predicted molar refractivity (Wildman–Crippen MR) is 120 cm³/mol. The molecule has 7 nitrogen and oxygen atoms in total. The Labute approximate surface area is 184 Å². The molecule has 160 valence electrons. The van der Waals surface area contributed by atoms with Gasteiger partial charge in [0.1, 0.15) is 11.9 Å². The van der Waals surface area contributed by atoms with E-state index in [2.05, 4.69) is 26.8 Å². The average molecular weight is 428 g/mol. The molecule has 0 bridgehead atoms. The fourth-order valence-electron chi connectivity index (χ4n) is 3.24. The molecule has 0 radical (unpaired) electrons. The third kappa shape index (κ3) is 4.27. The van der Waals surface area contributed by atoms with Crippen molar-refractivity contribution in [3.8, 4) is 17.2 Å². The molecule has 0 saturated carbocycles. The number of rotatable bonds is 4. The van der Waals surface area contributed by atoms with Crippen LogP contribution in [0.2, 0.25) is 0 Å². The molecule has 8 heteroatoms. The molecule has 0 atom stereocenters. The number of benzene rings is 2. The second-order valence-corrected chi connectivity index (χ2v) is 8.31. The first kappa shape index (κ1) is 21.0. The molecule has 2 aromatic carbocycles. The lowest BCUT2D eigenvalue weighted by molar-refractivity contribution is 0.0915. The minimum absolute atomic E-state index is 0.0217. The Morgan fingerprint density at radius 2 is 1.88 bits per heavy atom. The van der Waals surface area contributed by atoms with E-state index in [9.17, 15) is 10.1 Å². The fourth-order valence-corrected chi connectivity index (χ4v) is 3.24. The zero-order valence-corrected chi connectivity index (χ0v) is 17.8. The third-order valence-corrected chi connectivity index (χ3v) is 4.67. The van der Waals surface area contributed by atoms with Gasteiger partial charge in [-0.3, -0.25) is 4.79 Å². The molecule has 4 rings (SSSR count). The second kappa shape index (κ2) is 8.12. The summed E-state index contributed by atoms with van der Waals surface area (Å²) >= 11 is 0. The lowest BCUT2D eigenvalue weighted by Crippen LogP contribution is -2.40. The maximum atomic E-state index is 15.2. The molecule has 0 spiro atoms. The smallest absolute Gasteiger partial charge is 0.254 e. The van der Waals surface area contributed by atoms with Gasteiger partial charge in [-0.05, 0) is 51.1 Å². The first-order chi connectivity index (χ1) is 15.2. The topological polar surface area (TPSA) is 95.1 Å². The largest absolute Gasteiger partial charge is 0.347 e. The van der Waals surface area contributed by atoms with Crippen LogP contribution in [0.5, 0.6) is 0 Å². The van der Waals surface area contributed by atoms with Gasteiger partial charge in [0, 0.05) is 22.9 Å². The van der Waals surface area contributed by atoms with Crippen molar-refractivity contribution in [1.82, 2.24) is 19.9 Å². The number of nitrogens with one attached hydrogen (secondary N) is 2. The average Bonchev–Trinajstić information content (AvgIpc) is 3.14. The van der Waals surface area contributed by atoms with Crippen molar-refractivity contribution in [3.63, 3.8) is 0 Å². The fraction of sp³-hybridized carbons (Fsp3) is 0.167. The van der Waals surface area contributed by atoms with E-state index in [1.54, 1.807) is 48.7 Å². The van der Waals surface area contributed by atoms with Crippen LogP contribution in [0.4, 0.5) is 16.0 Å². The summed E-state index contributed by atoms with van der Waals surface area (Å²) in [6.45, 7) is 5.52. The van der Waals surface area contributed by atoms with E-state index < -0.39 is 17.3 Å². The Morgan fingerprint density at radius 3 is 2.62 bits per heavy atom. The van der Waals surface area contributed by atoms with Gasteiger partial charge in [0.25, 0.3) is 5.91 Å². The van der Waals surface area contributed by atoms with Gasteiger partial charge in [-0.1, -0.05) is 24.3 Å².